The molecule has 2 rings (SSSR count). The number of carbonyl (C=O) groups is 3. The molecule has 0 saturated heterocycles. The van der Waals surface area contributed by atoms with Crippen LogP contribution in [0.3, 0.4) is 0 Å². The van der Waals surface area contributed by atoms with Gasteiger partial charge in [0.25, 0.3) is 0 Å². The minimum Gasteiger partial charge on any atom is -0.465 e. The molecule has 22 heavy (non-hydrogen) atoms. The zero-order chi connectivity index (χ0) is 16.3. The number of hydrogen-bond donors (Lipinski definition) is 1. The number of esters is 1. The van der Waals surface area contributed by atoms with Crippen molar-refractivity contribution in [3.63, 3.8) is 0 Å². The van der Waals surface area contributed by atoms with Gasteiger partial charge in [-0.05, 0) is 63.5 Å². The Balaban J connectivity index is 2.16. The lowest BCUT2D eigenvalue weighted by atomic mass is 9.88. The van der Waals surface area contributed by atoms with E-state index >= 15 is 0 Å². The molecule has 1 aliphatic rings. The second-order valence-corrected chi connectivity index (χ2v) is 7.12. The van der Waals surface area contributed by atoms with Crippen molar-refractivity contribution in [2.45, 2.75) is 25.7 Å². The Labute approximate surface area is 150 Å². The zero-order valence-electron chi connectivity index (χ0n) is 11.9. The summed E-state index contributed by atoms with van der Waals surface area (Å²) in [4.78, 5) is 35.3. The van der Waals surface area contributed by atoms with Crippen molar-refractivity contribution in [2.75, 3.05) is 12.4 Å². The standard InChI is InChI=1S/C15H15BrINO4/c1-22-15(21)10-6-13(12(17)7-11(10)16)18-14(20)8-2-4-9(19)5-3-8/h6-8H,2-5H2,1H3,(H,18,20). The Bertz CT molecular complexity index is 622. The number of benzene rings is 1. The van der Waals surface area contributed by atoms with E-state index in [0.717, 1.165) is 3.57 Å². The van der Waals surface area contributed by atoms with Gasteiger partial charge in [0.1, 0.15) is 5.78 Å². The Hall–Kier alpha value is -0.960. The summed E-state index contributed by atoms with van der Waals surface area (Å²) >= 11 is 5.41. The van der Waals surface area contributed by atoms with E-state index in [2.05, 4.69) is 43.8 Å². The summed E-state index contributed by atoms with van der Waals surface area (Å²) in [7, 11) is 1.31. The van der Waals surface area contributed by atoms with Crippen LogP contribution in [0.1, 0.15) is 36.0 Å². The van der Waals surface area contributed by atoms with Crippen LogP contribution in [-0.2, 0) is 14.3 Å². The first kappa shape index (κ1) is 17.4. The molecule has 1 saturated carbocycles. The predicted molar refractivity (Wildman–Crippen MR) is 93.8 cm³/mol. The van der Waals surface area contributed by atoms with E-state index in [1.165, 1.54) is 7.11 Å². The topological polar surface area (TPSA) is 72.5 Å². The van der Waals surface area contributed by atoms with Gasteiger partial charge < -0.3 is 10.1 Å². The summed E-state index contributed by atoms with van der Waals surface area (Å²) in [5, 5.41) is 2.85. The number of halogens is 2. The first-order chi connectivity index (χ1) is 10.4. The Morgan fingerprint density at radius 3 is 2.55 bits per heavy atom. The summed E-state index contributed by atoms with van der Waals surface area (Å²) in [6.07, 6.45) is 2.09. The summed E-state index contributed by atoms with van der Waals surface area (Å²) in [6.45, 7) is 0. The third kappa shape index (κ3) is 4.07. The molecule has 1 fully saturated rings. The molecule has 1 amide bonds. The molecule has 0 unspecified atom stereocenters. The summed E-state index contributed by atoms with van der Waals surface area (Å²) < 4.78 is 6.16. The maximum absolute atomic E-state index is 12.3. The van der Waals surface area contributed by atoms with Gasteiger partial charge >= 0.3 is 5.97 Å². The van der Waals surface area contributed by atoms with Crippen LogP contribution in [0.4, 0.5) is 5.69 Å². The van der Waals surface area contributed by atoms with Crippen LogP contribution in [0.25, 0.3) is 0 Å². The van der Waals surface area contributed by atoms with Gasteiger partial charge in [0.15, 0.2) is 0 Å². The maximum atomic E-state index is 12.3. The molecule has 0 spiro atoms. The molecular weight excluding hydrogens is 465 g/mol. The van der Waals surface area contributed by atoms with E-state index in [1.807, 2.05) is 0 Å². The molecule has 0 heterocycles. The monoisotopic (exact) mass is 479 g/mol. The molecule has 1 aromatic rings. The fourth-order valence-corrected chi connectivity index (χ4v) is 3.88. The first-order valence-corrected chi connectivity index (χ1v) is 8.69. The van der Waals surface area contributed by atoms with Crippen LogP contribution in [0, 0.1) is 9.49 Å². The second-order valence-electron chi connectivity index (χ2n) is 5.11. The normalized spacial score (nSPS) is 15.5. The average Bonchev–Trinajstić information content (AvgIpc) is 2.49. The molecule has 118 valence electrons. The number of nitrogens with one attached hydrogen (secondary N) is 1. The smallest absolute Gasteiger partial charge is 0.339 e. The Morgan fingerprint density at radius 2 is 1.95 bits per heavy atom. The average molecular weight is 480 g/mol. The lowest BCUT2D eigenvalue weighted by Crippen LogP contribution is -2.27. The van der Waals surface area contributed by atoms with Gasteiger partial charge in [0, 0.05) is 26.8 Å². The fraction of sp³-hybridized carbons (Fsp3) is 0.400. The zero-order valence-corrected chi connectivity index (χ0v) is 15.7. The minimum absolute atomic E-state index is 0.108. The van der Waals surface area contributed by atoms with Gasteiger partial charge in [-0.2, -0.15) is 0 Å². The molecule has 1 aromatic carbocycles. The van der Waals surface area contributed by atoms with E-state index in [0.29, 0.717) is 41.4 Å². The number of ether oxygens (including phenoxy) is 1. The molecule has 5 nitrogen and oxygen atoms in total. The van der Waals surface area contributed by atoms with Crippen molar-refractivity contribution < 1.29 is 19.1 Å². The van der Waals surface area contributed by atoms with E-state index in [-0.39, 0.29) is 17.6 Å². The third-order valence-electron chi connectivity index (χ3n) is 3.63. The van der Waals surface area contributed by atoms with Crippen LogP contribution in [0.15, 0.2) is 16.6 Å². The Morgan fingerprint density at radius 1 is 1.32 bits per heavy atom. The van der Waals surface area contributed by atoms with Gasteiger partial charge in [0.2, 0.25) is 5.91 Å². The number of anilines is 1. The quantitative estimate of drug-likeness (QED) is 0.531. The molecule has 0 atom stereocenters. The highest BCUT2D eigenvalue weighted by molar-refractivity contribution is 14.1. The van der Waals surface area contributed by atoms with Gasteiger partial charge in [-0.3, -0.25) is 9.59 Å². The molecular formula is C15H15BrINO4. The van der Waals surface area contributed by atoms with E-state index in [4.69, 9.17) is 4.74 Å². The molecule has 1 aliphatic carbocycles. The first-order valence-electron chi connectivity index (χ1n) is 6.82. The van der Waals surface area contributed by atoms with Crippen molar-refractivity contribution in [1.82, 2.24) is 0 Å². The third-order valence-corrected chi connectivity index (χ3v) is 5.18. The molecule has 7 heteroatoms. The van der Waals surface area contributed by atoms with Crippen LogP contribution in [0.2, 0.25) is 0 Å². The van der Waals surface area contributed by atoms with Crippen LogP contribution < -0.4 is 5.32 Å². The highest BCUT2D eigenvalue weighted by atomic mass is 127. The van der Waals surface area contributed by atoms with Crippen molar-refractivity contribution in [1.29, 1.82) is 0 Å². The molecule has 0 aliphatic heterocycles. The van der Waals surface area contributed by atoms with Gasteiger partial charge in [-0.1, -0.05) is 0 Å². The number of hydrogen-bond acceptors (Lipinski definition) is 4. The lowest BCUT2D eigenvalue weighted by Gasteiger charge is -2.20. The van der Waals surface area contributed by atoms with Crippen LogP contribution in [0.5, 0.6) is 0 Å². The SMILES string of the molecule is COC(=O)c1cc(NC(=O)C2CCC(=O)CC2)c(I)cc1Br. The second kappa shape index (κ2) is 7.54. The number of rotatable bonds is 3. The minimum atomic E-state index is -0.470. The summed E-state index contributed by atoms with van der Waals surface area (Å²) in [5.74, 6) is -0.514. The lowest BCUT2D eigenvalue weighted by molar-refractivity contribution is -0.125. The van der Waals surface area contributed by atoms with Crippen molar-refractivity contribution in [3.8, 4) is 0 Å². The number of carbonyl (C=O) groups excluding carboxylic acids is 3. The van der Waals surface area contributed by atoms with Crippen LogP contribution in [-0.4, -0.2) is 24.8 Å². The van der Waals surface area contributed by atoms with E-state index in [1.54, 1.807) is 12.1 Å². The maximum Gasteiger partial charge on any atom is 0.339 e. The molecule has 0 aromatic heterocycles. The number of amides is 1. The molecule has 0 radical (unpaired) electrons. The number of Topliss-reactive ketones (excluding diaryl/α,β-unsaturated/α-hetero) is 1. The van der Waals surface area contributed by atoms with E-state index < -0.39 is 5.97 Å². The highest BCUT2D eigenvalue weighted by Crippen LogP contribution is 2.29. The van der Waals surface area contributed by atoms with Gasteiger partial charge in [-0.25, -0.2) is 4.79 Å². The van der Waals surface area contributed by atoms with E-state index in [9.17, 15) is 14.4 Å². The van der Waals surface area contributed by atoms with Crippen molar-refractivity contribution in [2.24, 2.45) is 5.92 Å². The molecule has 0 bridgehead atoms. The Kier molecular flexibility index (Phi) is 5.96. The predicted octanol–water partition coefficient (Wildman–Crippen LogP) is 3.54. The van der Waals surface area contributed by atoms with Crippen LogP contribution >= 0.6 is 38.5 Å². The molecule has 1 N–H and O–H groups in total. The largest absolute Gasteiger partial charge is 0.465 e. The fourth-order valence-electron chi connectivity index (χ4n) is 2.35. The summed E-state index contributed by atoms with van der Waals surface area (Å²) in [5.41, 5.74) is 0.933. The summed E-state index contributed by atoms with van der Waals surface area (Å²) in [6, 6.07) is 3.36. The number of ketones is 1. The number of methoxy groups -OCH3 is 1. The van der Waals surface area contributed by atoms with Crippen molar-refractivity contribution >= 4 is 61.9 Å². The van der Waals surface area contributed by atoms with Crippen molar-refractivity contribution in [3.05, 3.63) is 25.7 Å². The highest BCUT2D eigenvalue weighted by Gasteiger charge is 2.25. The van der Waals surface area contributed by atoms with Gasteiger partial charge in [0.05, 0.1) is 18.4 Å². The van der Waals surface area contributed by atoms with Gasteiger partial charge in [-0.15, -0.1) is 0 Å².